The van der Waals surface area contributed by atoms with E-state index in [0.717, 1.165) is 0 Å². The molecule has 2 unspecified atom stereocenters. The molecule has 0 aromatic carbocycles. The lowest BCUT2D eigenvalue weighted by Gasteiger charge is -2.11. The Labute approximate surface area is 103 Å². The van der Waals surface area contributed by atoms with Crippen LogP contribution in [0.4, 0.5) is 5.82 Å². The van der Waals surface area contributed by atoms with Crippen LogP contribution < -0.4 is 10.5 Å². The van der Waals surface area contributed by atoms with Gasteiger partial charge in [-0.25, -0.2) is 18.1 Å². The first-order valence-electron chi connectivity index (χ1n) is 4.84. The highest BCUT2D eigenvalue weighted by atomic mass is 32.2. The van der Waals surface area contributed by atoms with Crippen LogP contribution in [0.2, 0.25) is 0 Å². The van der Waals surface area contributed by atoms with Gasteiger partial charge in [0, 0.05) is 35.9 Å². The number of nitrogens with two attached hydrogens (primary N) is 1. The van der Waals surface area contributed by atoms with Crippen LogP contribution in [0.5, 0.6) is 0 Å². The second-order valence-electron chi connectivity index (χ2n) is 3.71. The maximum Gasteiger partial charge on any atom is 0.260 e. The van der Waals surface area contributed by atoms with Gasteiger partial charge in [0.1, 0.15) is 0 Å². The quantitative estimate of drug-likeness (QED) is 0.723. The number of aromatic nitrogens is 2. The Hall–Kier alpha value is -0.930. The summed E-state index contributed by atoms with van der Waals surface area (Å²) in [5.74, 6) is -0.0507. The first-order chi connectivity index (χ1) is 7.75. The zero-order valence-electron chi connectivity index (χ0n) is 9.87. The lowest BCUT2D eigenvalue weighted by atomic mass is 10.5. The first-order valence-corrected chi connectivity index (χ1v) is 7.95. The van der Waals surface area contributed by atoms with Crippen molar-refractivity contribution >= 4 is 26.6 Å². The zero-order valence-corrected chi connectivity index (χ0v) is 11.5. The van der Waals surface area contributed by atoms with Gasteiger partial charge in [0.15, 0.2) is 10.8 Å². The normalized spacial score (nSPS) is 15.7. The number of hydrogen-bond donors (Lipinski definition) is 2. The van der Waals surface area contributed by atoms with Crippen molar-refractivity contribution in [3.8, 4) is 0 Å². The molecular weight excluding hydrogens is 264 g/mol. The van der Waals surface area contributed by atoms with Crippen molar-refractivity contribution in [2.75, 3.05) is 18.5 Å². The highest BCUT2D eigenvalue weighted by molar-refractivity contribution is 7.89. The molecule has 1 aromatic rings. The smallest absolute Gasteiger partial charge is 0.260 e. The summed E-state index contributed by atoms with van der Waals surface area (Å²) in [5.41, 5.74) is 5.48. The number of nitrogens with zero attached hydrogens (tertiary/aromatic N) is 2. The van der Waals surface area contributed by atoms with Gasteiger partial charge in [0.05, 0.1) is 6.33 Å². The number of hydrogen-bond acceptors (Lipinski definition) is 5. The van der Waals surface area contributed by atoms with Gasteiger partial charge in [0.25, 0.3) is 10.0 Å². The zero-order chi connectivity index (χ0) is 13.2. The number of anilines is 1. The minimum atomic E-state index is -3.72. The lowest BCUT2D eigenvalue weighted by Crippen LogP contribution is -2.33. The van der Waals surface area contributed by atoms with Crippen molar-refractivity contribution in [2.45, 2.75) is 17.2 Å². The minimum Gasteiger partial charge on any atom is -0.381 e. The third-order valence-corrected chi connectivity index (χ3v) is 5.14. The first kappa shape index (κ1) is 14.1. The third kappa shape index (κ3) is 3.27. The second kappa shape index (κ2) is 5.15. The summed E-state index contributed by atoms with van der Waals surface area (Å²) in [6.45, 7) is 1.79. The van der Waals surface area contributed by atoms with Crippen molar-refractivity contribution < 1.29 is 12.6 Å². The largest absolute Gasteiger partial charge is 0.381 e. The number of rotatable bonds is 5. The molecular formula is C8H16N4O3S2. The highest BCUT2D eigenvalue weighted by Crippen LogP contribution is 2.14. The highest BCUT2D eigenvalue weighted by Gasteiger charge is 2.23. The molecule has 0 aliphatic heterocycles. The van der Waals surface area contributed by atoms with Gasteiger partial charge in [-0.3, -0.25) is 4.21 Å². The second-order valence-corrected chi connectivity index (χ2v) is 7.19. The molecule has 0 radical (unpaired) electrons. The number of imidazole rings is 1. The van der Waals surface area contributed by atoms with E-state index in [1.54, 1.807) is 14.0 Å². The molecule has 0 spiro atoms. The van der Waals surface area contributed by atoms with Gasteiger partial charge in [-0.2, -0.15) is 0 Å². The van der Waals surface area contributed by atoms with E-state index in [2.05, 4.69) is 9.71 Å². The Morgan fingerprint density at radius 1 is 1.65 bits per heavy atom. The fourth-order valence-corrected chi connectivity index (χ4v) is 2.96. The molecule has 3 N–H and O–H groups in total. The van der Waals surface area contributed by atoms with Crippen molar-refractivity contribution in [1.29, 1.82) is 0 Å². The van der Waals surface area contributed by atoms with E-state index in [-0.39, 0.29) is 22.6 Å². The van der Waals surface area contributed by atoms with Gasteiger partial charge in [-0.15, -0.1) is 0 Å². The maximum atomic E-state index is 11.9. The lowest BCUT2D eigenvalue weighted by molar-refractivity contribution is 0.571. The molecule has 0 bridgehead atoms. The van der Waals surface area contributed by atoms with Crippen molar-refractivity contribution in [3.63, 3.8) is 0 Å². The molecule has 0 amide bonds. The van der Waals surface area contributed by atoms with Crippen LogP contribution >= 0.6 is 0 Å². The third-order valence-electron chi connectivity index (χ3n) is 2.29. The Bertz CT molecular complexity index is 503. The van der Waals surface area contributed by atoms with Crippen LogP contribution in [0, 0.1) is 0 Å². The molecule has 0 saturated carbocycles. The minimum absolute atomic E-state index is 0.0507. The predicted octanol–water partition coefficient (Wildman–Crippen LogP) is -0.952. The molecule has 0 aliphatic carbocycles. The average Bonchev–Trinajstić information content (AvgIpc) is 2.55. The van der Waals surface area contributed by atoms with Gasteiger partial charge in [-0.1, -0.05) is 0 Å². The van der Waals surface area contributed by atoms with Crippen LogP contribution in [0.25, 0.3) is 0 Å². The number of nitrogens with one attached hydrogen (secondary N) is 1. The van der Waals surface area contributed by atoms with E-state index in [4.69, 9.17) is 5.73 Å². The summed E-state index contributed by atoms with van der Waals surface area (Å²) < 4.78 is 38.6. The van der Waals surface area contributed by atoms with Crippen LogP contribution in [-0.4, -0.2) is 40.2 Å². The van der Waals surface area contributed by atoms with E-state index >= 15 is 0 Å². The van der Waals surface area contributed by atoms with E-state index in [1.807, 2.05) is 0 Å². The van der Waals surface area contributed by atoms with Gasteiger partial charge in [0.2, 0.25) is 0 Å². The van der Waals surface area contributed by atoms with Crippen LogP contribution in [0.15, 0.2) is 11.4 Å². The Balaban J connectivity index is 2.87. The molecule has 1 heterocycles. The summed E-state index contributed by atoms with van der Waals surface area (Å²) in [6.07, 6.45) is 2.85. The van der Waals surface area contributed by atoms with Crippen LogP contribution in [0.1, 0.15) is 6.92 Å². The number of aryl methyl sites for hydroxylation is 1. The van der Waals surface area contributed by atoms with E-state index in [1.165, 1.54) is 17.2 Å². The summed E-state index contributed by atoms with van der Waals surface area (Å²) >= 11 is 0. The molecule has 1 rings (SSSR count). The SMILES string of the molecule is CC(CNS(=O)(=O)c1c(N)ncn1C)S(C)=O. The topological polar surface area (TPSA) is 107 Å². The van der Waals surface area contributed by atoms with Crippen LogP contribution in [-0.2, 0) is 27.9 Å². The number of nitrogen functional groups attached to an aromatic ring is 1. The summed E-state index contributed by atoms with van der Waals surface area (Å²) in [5, 5.41) is -0.342. The summed E-state index contributed by atoms with van der Waals surface area (Å²) in [7, 11) is -3.26. The van der Waals surface area contributed by atoms with Crippen molar-refractivity contribution in [3.05, 3.63) is 6.33 Å². The molecule has 1 aromatic heterocycles. The fraction of sp³-hybridized carbons (Fsp3) is 0.625. The van der Waals surface area contributed by atoms with Crippen molar-refractivity contribution in [2.24, 2.45) is 7.05 Å². The van der Waals surface area contributed by atoms with Gasteiger partial charge >= 0.3 is 0 Å². The average molecular weight is 280 g/mol. The van der Waals surface area contributed by atoms with Crippen molar-refractivity contribution in [1.82, 2.24) is 14.3 Å². The Morgan fingerprint density at radius 3 is 2.65 bits per heavy atom. The molecule has 9 heteroatoms. The molecule has 2 atom stereocenters. The van der Waals surface area contributed by atoms with E-state index in [0.29, 0.717) is 0 Å². The fourth-order valence-electron chi connectivity index (χ4n) is 1.18. The summed E-state index contributed by atoms with van der Waals surface area (Å²) in [6, 6.07) is 0. The molecule has 17 heavy (non-hydrogen) atoms. The van der Waals surface area contributed by atoms with E-state index < -0.39 is 20.8 Å². The molecule has 0 saturated heterocycles. The Morgan fingerprint density at radius 2 is 2.24 bits per heavy atom. The summed E-state index contributed by atoms with van der Waals surface area (Å²) in [4.78, 5) is 3.71. The van der Waals surface area contributed by atoms with Crippen LogP contribution in [0.3, 0.4) is 0 Å². The molecule has 7 nitrogen and oxygen atoms in total. The standard InChI is InChI=1S/C8H16N4O3S2/c1-6(16(3)13)4-11-17(14,15)8-7(9)10-5-12(8)2/h5-6,11H,4,9H2,1-3H3. The molecule has 98 valence electrons. The van der Waals surface area contributed by atoms with E-state index in [9.17, 15) is 12.6 Å². The van der Waals surface area contributed by atoms with Gasteiger partial charge in [-0.05, 0) is 6.92 Å². The maximum absolute atomic E-state index is 11.9. The number of sulfonamides is 1. The molecule has 0 aliphatic rings. The molecule has 0 fully saturated rings. The van der Waals surface area contributed by atoms with Gasteiger partial charge < -0.3 is 10.3 Å². The monoisotopic (exact) mass is 280 g/mol. The predicted molar refractivity (Wildman–Crippen MR) is 66.3 cm³/mol. The Kier molecular flexibility index (Phi) is 4.28.